The van der Waals surface area contributed by atoms with Crippen molar-refractivity contribution >= 4 is 22.5 Å². The number of hydrogen-bond acceptors (Lipinski definition) is 7. The zero-order valence-corrected chi connectivity index (χ0v) is 13.6. The van der Waals surface area contributed by atoms with Crippen LogP contribution < -0.4 is 5.32 Å². The first-order valence-corrected chi connectivity index (χ1v) is 7.67. The molecule has 0 saturated heterocycles. The number of nitriles is 1. The molecule has 0 aromatic carbocycles. The highest BCUT2D eigenvalue weighted by molar-refractivity contribution is 5.88. The summed E-state index contributed by atoms with van der Waals surface area (Å²) >= 11 is 0. The van der Waals surface area contributed by atoms with Crippen molar-refractivity contribution in [2.45, 2.75) is 19.9 Å². The van der Waals surface area contributed by atoms with Crippen molar-refractivity contribution in [3.63, 3.8) is 0 Å². The molecule has 0 amide bonds. The van der Waals surface area contributed by atoms with E-state index in [2.05, 4.69) is 36.7 Å². The molecule has 0 aliphatic rings. The summed E-state index contributed by atoms with van der Waals surface area (Å²) in [6, 6.07) is 5.80. The lowest BCUT2D eigenvalue weighted by Crippen LogP contribution is -2.06. The first-order chi connectivity index (χ1) is 12.2. The molecule has 0 aliphatic carbocycles. The van der Waals surface area contributed by atoms with Crippen LogP contribution in [-0.2, 0) is 0 Å². The Kier molecular flexibility index (Phi) is 3.43. The lowest BCUT2D eigenvalue weighted by molar-refractivity contribution is 0.527. The van der Waals surface area contributed by atoms with E-state index in [-0.39, 0.29) is 6.04 Å². The number of H-pyrrole nitrogens is 1. The number of fused-ring (bicyclic) bond motifs is 1. The average molecular weight is 334 g/mol. The molecule has 4 heterocycles. The smallest absolute Gasteiger partial charge is 0.198 e. The molecule has 0 spiro atoms. The van der Waals surface area contributed by atoms with Gasteiger partial charge in [0.1, 0.15) is 17.1 Å². The van der Waals surface area contributed by atoms with Gasteiger partial charge in [0.05, 0.1) is 24.3 Å². The summed E-state index contributed by atoms with van der Waals surface area (Å²) in [6.45, 7) is 3.93. The van der Waals surface area contributed by atoms with Gasteiger partial charge in [-0.1, -0.05) is 0 Å². The van der Waals surface area contributed by atoms with Crippen molar-refractivity contribution < 1.29 is 4.42 Å². The Morgan fingerprint density at radius 1 is 1.32 bits per heavy atom. The standard InChI is InChI=1S/C16H14N8O/c1-9(2)24-12(6-17)10(8-19-24)20-16-14-11(7-18-23-14)21-15(22-16)13-4-3-5-25-13/h3-5,7-9H,1-2H3,(H,18,23)(H,20,21,22). The van der Waals surface area contributed by atoms with Gasteiger partial charge in [-0.25, -0.2) is 9.97 Å². The van der Waals surface area contributed by atoms with Crippen LogP contribution in [0.3, 0.4) is 0 Å². The third kappa shape index (κ3) is 2.49. The van der Waals surface area contributed by atoms with E-state index in [0.717, 1.165) is 0 Å². The molecule has 0 unspecified atom stereocenters. The third-order valence-electron chi connectivity index (χ3n) is 3.69. The molecule has 0 fully saturated rings. The lowest BCUT2D eigenvalue weighted by atomic mass is 10.3. The van der Waals surface area contributed by atoms with E-state index in [1.165, 1.54) is 0 Å². The quantitative estimate of drug-likeness (QED) is 0.588. The largest absolute Gasteiger partial charge is 0.461 e. The van der Waals surface area contributed by atoms with Crippen LogP contribution in [0.15, 0.2) is 35.2 Å². The van der Waals surface area contributed by atoms with Gasteiger partial charge in [0.25, 0.3) is 0 Å². The molecule has 4 rings (SSSR count). The molecular weight excluding hydrogens is 320 g/mol. The molecule has 0 saturated carbocycles. The maximum absolute atomic E-state index is 9.47. The van der Waals surface area contributed by atoms with E-state index in [0.29, 0.717) is 39.8 Å². The van der Waals surface area contributed by atoms with Crippen molar-refractivity contribution in [2.75, 3.05) is 5.32 Å². The number of nitrogens with zero attached hydrogens (tertiary/aromatic N) is 6. The Morgan fingerprint density at radius 2 is 2.20 bits per heavy atom. The second-order valence-electron chi connectivity index (χ2n) is 5.69. The summed E-state index contributed by atoms with van der Waals surface area (Å²) in [7, 11) is 0. The molecule has 0 bridgehead atoms. The van der Waals surface area contributed by atoms with E-state index in [4.69, 9.17) is 4.42 Å². The molecule has 0 atom stereocenters. The number of aromatic amines is 1. The zero-order chi connectivity index (χ0) is 17.4. The van der Waals surface area contributed by atoms with Crippen molar-refractivity contribution in [3.8, 4) is 17.7 Å². The van der Waals surface area contributed by atoms with Crippen LogP contribution >= 0.6 is 0 Å². The fraction of sp³-hybridized carbons (Fsp3) is 0.188. The number of furan rings is 1. The molecule has 124 valence electrons. The molecule has 4 aromatic heterocycles. The number of nitrogens with one attached hydrogen (secondary N) is 2. The highest BCUT2D eigenvalue weighted by Crippen LogP contribution is 2.28. The molecule has 0 radical (unpaired) electrons. The van der Waals surface area contributed by atoms with Crippen LogP contribution in [0.4, 0.5) is 11.5 Å². The van der Waals surface area contributed by atoms with E-state index >= 15 is 0 Å². The van der Waals surface area contributed by atoms with Gasteiger partial charge >= 0.3 is 0 Å². The van der Waals surface area contributed by atoms with Crippen LogP contribution in [-0.4, -0.2) is 29.9 Å². The van der Waals surface area contributed by atoms with Crippen molar-refractivity contribution in [1.82, 2.24) is 29.9 Å². The third-order valence-corrected chi connectivity index (χ3v) is 3.69. The fourth-order valence-corrected chi connectivity index (χ4v) is 2.53. The Hall–Kier alpha value is -3.67. The van der Waals surface area contributed by atoms with Gasteiger partial charge in [0.2, 0.25) is 0 Å². The van der Waals surface area contributed by atoms with Crippen LogP contribution in [0.25, 0.3) is 22.6 Å². The minimum atomic E-state index is 0.0708. The van der Waals surface area contributed by atoms with Crippen LogP contribution in [0.1, 0.15) is 25.6 Å². The number of anilines is 2. The van der Waals surface area contributed by atoms with Crippen molar-refractivity contribution in [1.29, 1.82) is 5.26 Å². The van der Waals surface area contributed by atoms with Gasteiger partial charge in [-0.3, -0.25) is 9.78 Å². The minimum absolute atomic E-state index is 0.0708. The van der Waals surface area contributed by atoms with Gasteiger partial charge in [-0.05, 0) is 26.0 Å². The number of hydrogen-bond donors (Lipinski definition) is 2. The summed E-state index contributed by atoms with van der Waals surface area (Å²) in [6.07, 6.45) is 4.78. The normalized spacial score (nSPS) is 11.1. The Labute approximate surface area is 142 Å². The highest BCUT2D eigenvalue weighted by Gasteiger charge is 2.17. The number of aromatic nitrogens is 6. The van der Waals surface area contributed by atoms with Gasteiger partial charge in [0.15, 0.2) is 23.1 Å². The first kappa shape index (κ1) is 14.9. The molecular formula is C16H14N8O. The van der Waals surface area contributed by atoms with Gasteiger partial charge in [0, 0.05) is 6.04 Å². The molecule has 0 aliphatic heterocycles. The maximum atomic E-state index is 9.47. The van der Waals surface area contributed by atoms with Crippen LogP contribution in [0, 0.1) is 11.3 Å². The summed E-state index contributed by atoms with van der Waals surface area (Å²) in [5.74, 6) is 1.47. The molecule has 9 nitrogen and oxygen atoms in total. The van der Waals surface area contributed by atoms with Crippen molar-refractivity contribution in [2.24, 2.45) is 0 Å². The summed E-state index contributed by atoms with van der Waals surface area (Å²) in [5, 5.41) is 23.8. The molecule has 2 N–H and O–H groups in total. The second kappa shape index (κ2) is 5.76. The maximum Gasteiger partial charge on any atom is 0.198 e. The van der Waals surface area contributed by atoms with E-state index in [9.17, 15) is 5.26 Å². The molecule has 25 heavy (non-hydrogen) atoms. The average Bonchev–Trinajstić information content (AvgIpc) is 3.34. The van der Waals surface area contributed by atoms with Gasteiger partial charge < -0.3 is 9.73 Å². The topological polar surface area (TPSA) is 121 Å². The Bertz CT molecular complexity index is 1070. The van der Waals surface area contributed by atoms with Crippen molar-refractivity contribution in [3.05, 3.63) is 36.5 Å². The Morgan fingerprint density at radius 3 is 2.92 bits per heavy atom. The first-order valence-electron chi connectivity index (χ1n) is 7.67. The van der Waals surface area contributed by atoms with Crippen LogP contribution in [0.2, 0.25) is 0 Å². The number of rotatable bonds is 4. The van der Waals surface area contributed by atoms with Crippen LogP contribution in [0.5, 0.6) is 0 Å². The SMILES string of the molecule is CC(C)n1ncc(Nc2nc(-c3ccco3)nc3cn[nH]c23)c1C#N. The summed E-state index contributed by atoms with van der Waals surface area (Å²) in [4.78, 5) is 8.94. The second-order valence-corrected chi connectivity index (χ2v) is 5.69. The molecule has 9 heteroatoms. The fourth-order valence-electron chi connectivity index (χ4n) is 2.53. The summed E-state index contributed by atoms with van der Waals surface area (Å²) < 4.78 is 7.03. The van der Waals surface area contributed by atoms with E-state index in [1.54, 1.807) is 35.5 Å². The summed E-state index contributed by atoms with van der Waals surface area (Å²) in [5.41, 5.74) is 2.27. The molecule has 4 aromatic rings. The highest BCUT2D eigenvalue weighted by atomic mass is 16.3. The predicted molar refractivity (Wildman–Crippen MR) is 90.0 cm³/mol. The van der Waals surface area contributed by atoms with Gasteiger partial charge in [-0.2, -0.15) is 15.5 Å². The zero-order valence-electron chi connectivity index (χ0n) is 13.6. The predicted octanol–water partition coefficient (Wildman–Crippen LogP) is 3.01. The van der Waals surface area contributed by atoms with E-state index < -0.39 is 0 Å². The monoisotopic (exact) mass is 334 g/mol. The lowest BCUT2D eigenvalue weighted by Gasteiger charge is -2.09. The Balaban J connectivity index is 1.82. The van der Waals surface area contributed by atoms with E-state index in [1.807, 2.05) is 13.8 Å². The van der Waals surface area contributed by atoms with Gasteiger partial charge in [-0.15, -0.1) is 0 Å². The minimum Gasteiger partial charge on any atom is -0.461 e.